The molecule has 1 unspecified atom stereocenters. The highest BCUT2D eigenvalue weighted by Crippen LogP contribution is 2.19. The molecule has 0 aliphatic carbocycles. The van der Waals surface area contributed by atoms with Crippen LogP contribution in [0.4, 0.5) is 0 Å². The Morgan fingerprint density at radius 1 is 1.55 bits per heavy atom. The van der Waals surface area contributed by atoms with Gasteiger partial charge in [0.25, 0.3) is 5.91 Å². The molecule has 0 saturated carbocycles. The molecule has 2 N–H and O–H groups in total. The van der Waals surface area contributed by atoms with Gasteiger partial charge in [0.05, 0.1) is 23.3 Å². The Balaban J connectivity index is 2.05. The summed E-state index contributed by atoms with van der Waals surface area (Å²) in [5, 5.41) is 17.3. The molecule has 6 nitrogen and oxygen atoms in total. The molecule has 0 bridgehead atoms. The van der Waals surface area contributed by atoms with Crippen molar-refractivity contribution in [2.75, 3.05) is 6.54 Å². The highest BCUT2D eigenvalue weighted by Gasteiger charge is 2.25. The molecule has 0 fully saturated rings. The van der Waals surface area contributed by atoms with E-state index in [0.717, 1.165) is 0 Å². The lowest BCUT2D eigenvalue weighted by molar-refractivity contribution is 0.0526. The van der Waals surface area contributed by atoms with Crippen LogP contribution in [0.1, 0.15) is 22.8 Å². The third kappa shape index (κ3) is 3.15. The number of halogens is 1. The van der Waals surface area contributed by atoms with Crippen LogP contribution in [0.15, 0.2) is 30.9 Å². The molecule has 7 heteroatoms. The number of aliphatic hydroxyl groups is 1. The van der Waals surface area contributed by atoms with E-state index in [2.05, 4.69) is 15.4 Å². The van der Waals surface area contributed by atoms with E-state index in [1.807, 2.05) is 0 Å². The van der Waals surface area contributed by atoms with Crippen LogP contribution in [0.5, 0.6) is 0 Å². The molecule has 2 aromatic heterocycles. The van der Waals surface area contributed by atoms with Gasteiger partial charge >= 0.3 is 0 Å². The SMILES string of the molecule is Cn1cc(C(C)(O)CNC(=O)c2ccncc2Cl)cn1. The van der Waals surface area contributed by atoms with Gasteiger partial charge in [0.2, 0.25) is 0 Å². The van der Waals surface area contributed by atoms with Crippen molar-refractivity contribution >= 4 is 17.5 Å². The van der Waals surface area contributed by atoms with Crippen molar-refractivity contribution in [2.45, 2.75) is 12.5 Å². The topological polar surface area (TPSA) is 80.0 Å². The van der Waals surface area contributed by atoms with Gasteiger partial charge in [-0.3, -0.25) is 14.5 Å². The van der Waals surface area contributed by atoms with Crippen LogP contribution in [-0.4, -0.2) is 32.3 Å². The number of hydrogen-bond acceptors (Lipinski definition) is 4. The summed E-state index contributed by atoms with van der Waals surface area (Å²) in [6, 6.07) is 1.52. The molecule has 0 aromatic carbocycles. The van der Waals surface area contributed by atoms with Gasteiger partial charge in [-0.15, -0.1) is 0 Å². The maximum Gasteiger partial charge on any atom is 0.253 e. The van der Waals surface area contributed by atoms with Crippen LogP contribution >= 0.6 is 11.6 Å². The highest BCUT2D eigenvalue weighted by atomic mass is 35.5. The Labute approximate surface area is 121 Å². The third-order valence-corrected chi connectivity index (χ3v) is 3.24. The Hall–Kier alpha value is -1.92. The summed E-state index contributed by atoms with van der Waals surface area (Å²) in [7, 11) is 1.76. The minimum Gasteiger partial charge on any atom is -0.383 e. The van der Waals surface area contributed by atoms with Crippen molar-refractivity contribution in [3.05, 3.63) is 47.0 Å². The lowest BCUT2D eigenvalue weighted by atomic mass is 9.99. The fraction of sp³-hybridized carbons (Fsp3) is 0.308. The monoisotopic (exact) mass is 294 g/mol. The zero-order valence-corrected chi connectivity index (χ0v) is 11.9. The first kappa shape index (κ1) is 14.5. The van der Waals surface area contributed by atoms with E-state index in [9.17, 15) is 9.90 Å². The van der Waals surface area contributed by atoms with E-state index in [1.54, 1.807) is 31.0 Å². The summed E-state index contributed by atoms with van der Waals surface area (Å²) in [5.74, 6) is -0.360. The maximum absolute atomic E-state index is 12.0. The van der Waals surface area contributed by atoms with Gasteiger partial charge in [0, 0.05) is 31.2 Å². The molecule has 2 rings (SSSR count). The van der Waals surface area contributed by atoms with Crippen molar-refractivity contribution in [3.8, 4) is 0 Å². The second-order valence-electron chi connectivity index (χ2n) is 4.71. The van der Waals surface area contributed by atoms with Gasteiger partial charge in [0.15, 0.2) is 0 Å². The predicted molar refractivity (Wildman–Crippen MR) is 74.4 cm³/mol. The average Bonchev–Trinajstić information content (AvgIpc) is 2.84. The molecule has 2 aromatic rings. The van der Waals surface area contributed by atoms with Gasteiger partial charge in [0.1, 0.15) is 5.60 Å². The van der Waals surface area contributed by atoms with Crippen LogP contribution < -0.4 is 5.32 Å². The van der Waals surface area contributed by atoms with Gasteiger partial charge in [-0.1, -0.05) is 11.6 Å². The number of aromatic nitrogens is 3. The summed E-state index contributed by atoms with van der Waals surface area (Å²) < 4.78 is 1.59. The minimum absolute atomic E-state index is 0.0518. The highest BCUT2D eigenvalue weighted by molar-refractivity contribution is 6.33. The first-order valence-corrected chi connectivity index (χ1v) is 6.37. The number of rotatable bonds is 4. The third-order valence-electron chi connectivity index (χ3n) is 2.94. The molecule has 0 spiro atoms. The zero-order chi connectivity index (χ0) is 14.8. The largest absolute Gasteiger partial charge is 0.383 e. The number of nitrogens with one attached hydrogen (secondary N) is 1. The number of hydrogen-bond donors (Lipinski definition) is 2. The van der Waals surface area contributed by atoms with Crippen LogP contribution in [0, 0.1) is 0 Å². The van der Waals surface area contributed by atoms with E-state index in [0.29, 0.717) is 11.1 Å². The predicted octanol–water partition coefficient (Wildman–Crippen LogP) is 1.11. The zero-order valence-electron chi connectivity index (χ0n) is 11.2. The first-order valence-electron chi connectivity index (χ1n) is 5.99. The lowest BCUT2D eigenvalue weighted by Crippen LogP contribution is -2.38. The Morgan fingerprint density at radius 2 is 2.30 bits per heavy atom. The summed E-state index contributed by atoms with van der Waals surface area (Å²) >= 11 is 5.89. The molecule has 0 saturated heterocycles. The standard InChI is InChI=1S/C13H15ClN4O2/c1-13(20,9-5-17-18(2)7-9)8-16-12(19)10-3-4-15-6-11(10)14/h3-7,20H,8H2,1-2H3,(H,16,19). The van der Waals surface area contributed by atoms with E-state index in [4.69, 9.17) is 11.6 Å². The molecular weight excluding hydrogens is 280 g/mol. The molecule has 0 aliphatic heterocycles. The maximum atomic E-state index is 12.0. The van der Waals surface area contributed by atoms with Crippen molar-refractivity contribution in [1.29, 1.82) is 0 Å². The molecule has 20 heavy (non-hydrogen) atoms. The van der Waals surface area contributed by atoms with Crippen molar-refractivity contribution in [2.24, 2.45) is 7.05 Å². The molecule has 0 radical (unpaired) electrons. The fourth-order valence-corrected chi connectivity index (χ4v) is 1.91. The summed E-state index contributed by atoms with van der Waals surface area (Å²) in [6.45, 7) is 1.66. The smallest absolute Gasteiger partial charge is 0.253 e. The minimum atomic E-state index is -1.20. The number of pyridine rings is 1. The summed E-state index contributed by atoms with van der Waals surface area (Å²) in [4.78, 5) is 15.8. The second kappa shape index (κ2) is 5.60. The number of carbonyl (C=O) groups is 1. The summed E-state index contributed by atoms with van der Waals surface area (Å²) in [5.41, 5.74) is -0.256. The van der Waals surface area contributed by atoms with Crippen molar-refractivity contribution in [1.82, 2.24) is 20.1 Å². The van der Waals surface area contributed by atoms with E-state index >= 15 is 0 Å². The molecule has 106 valence electrons. The van der Waals surface area contributed by atoms with Crippen LogP contribution in [0.2, 0.25) is 5.02 Å². The van der Waals surface area contributed by atoms with Gasteiger partial charge in [-0.2, -0.15) is 5.10 Å². The number of amides is 1. The fourth-order valence-electron chi connectivity index (χ4n) is 1.71. The number of carbonyl (C=O) groups excluding carboxylic acids is 1. The summed E-state index contributed by atoms with van der Waals surface area (Å²) in [6.07, 6.45) is 6.15. The average molecular weight is 295 g/mol. The number of aryl methyl sites for hydroxylation is 1. The molecule has 1 amide bonds. The first-order chi connectivity index (χ1) is 9.40. The van der Waals surface area contributed by atoms with Gasteiger partial charge < -0.3 is 10.4 Å². The van der Waals surface area contributed by atoms with Gasteiger partial charge in [-0.05, 0) is 13.0 Å². The Kier molecular flexibility index (Phi) is 4.06. The lowest BCUT2D eigenvalue weighted by Gasteiger charge is -2.22. The van der Waals surface area contributed by atoms with E-state index < -0.39 is 5.60 Å². The van der Waals surface area contributed by atoms with Crippen LogP contribution in [0.25, 0.3) is 0 Å². The molecule has 0 aliphatic rings. The van der Waals surface area contributed by atoms with E-state index in [-0.39, 0.29) is 17.5 Å². The normalized spacial score (nSPS) is 13.8. The molecule has 1 atom stereocenters. The Bertz CT molecular complexity index is 624. The van der Waals surface area contributed by atoms with Crippen LogP contribution in [0.3, 0.4) is 0 Å². The molecular formula is C13H15ClN4O2. The van der Waals surface area contributed by atoms with Crippen LogP contribution in [-0.2, 0) is 12.6 Å². The number of nitrogens with zero attached hydrogens (tertiary/aromatic N) is 3. The van der Waals surface area contributed by atoms with Crippen molar-refractivity contribution in [3.63, 3.8) is 0 Å². The van der Waals surface area contributed by atoms with Gasteiger partial charge in [-0.25, -0.2) is 0 Å². The quantitative estimate of drug-likeness (QED) is 0.885. The van der Waals surface area contributed by atoms with Crippen molar-refractivity contribution < 1.29 is 9.90 Å². The second-order valence-corrected chi connectivity index (χ2v) is 5.12. The van der Waals surface area contributed by atoms with E-state index in [1.165, 1.54) is 18.5 Å². The Morgan fingerprint density at radius 3 is 2.90 bits per heavy atom. The molecule has 2 heterocycles.